The van der Waals surface area contributed by atoms with Crippen LogP contribution in [0.5, 0.6) is 0 Å². The summed E-state index contributed by atoms with van der Waals surface area (Å²) >= 11 is 0. The van der Waals surface area contributed by atoms with Gasteiger partial charge in [0.25, 0.3) is 0 Å². The first-order valence-corrected chi connectivity index (χ1v) is 7.10. The van der Waals surface area contributed by atoms with Crippen molar-refractivity contribution in [2.75, 3.05) is 7.05 Å². The van der Waals surface area contributed by atoms with Gasteiger partial charge in [-0.2, -0.15) is 5.10 Å². The maximum atomic E-state index is 12.2. The van der Waals surface area contributed by atoms with E-state index >= 15 is 0 Å². The highest BCUT2D eigenvalue weighted by atomic mass is 32.2. The molecule has 0 saturated carbocycles. The molecule has 0 unspecified atom stereocenters. The third-order valence-corrected chi connectivity index (χ3v) is 4.11. The minimum absolute atomic E-state index is 0.0719. The Hall–Kier alpha value is -1.71. The number of nitrogens with zero attached hydrogens (tertiary/aromatic N) is 2. The van der Waals surface area contributed by atoms with E-state index in [1.807, 2.05) is 0 Å². The first-order valence-electron chi connectivity index (χ1n) is 5.62. The summed E-state index contributed by atoms with van der Waals surface area (Å²) in [4.78, 5) is 0.172. The molecule has 0 aliphatic carbocycles. The Bertz CT molecular complexity index is 632. The summed E-state index contributed by atoms with van der Waals surface area (Å²) in [6.07, 6.45) is 1.39. The lowest BCUT2D eigenvalue weighted by Crippen LogP contribution is -2.25. The molecule has 0 atom stereocenters. The van der Waals surface area contributed by atoms with Gasteiger partial charge in [-0.05, 0) is 14.0 Å². The largest absolute Gasteiger partial charge is 0.364 e. The molecule has 0 radical (unpaired) electrons. The van der Waals surface area contributed by atoms with Crippen molar-refractivity contribution in [2.45, 2.75) is 24.9 Å². The van der Waals surface area contributed by atoms with Crippen LogP contribution in [-0.2, 0) is 23.1 Å². The summed E-state index contributed by atoms with van der Waals surface area (Å²) < 4.78 is 31.6. The Morgan fingerprint density at radius 3 is 2.84 bits per heavy atom. The Morgan fingerprint density at radius 2 is 2.21 bits per heavy atom. The van der Waals surface area contributed by atoms with Gasteiger partial charge in [-0.1, -0.05) is 5.16 Å². The first kappa shape index (κ1) is 13.7. The van der Waals surface area contributed by atoms with E-state index in [0.29, 0.717) is 23.6 Å². The number of rotatable bonds is 6. The number of H-pyrrole nitrogens is 1. The molecule has 9 heteroatoms. The lowest BCUT2D eigenvalue weighted by molar-refractivity contribution is 0.411. The molecule has 0 aliphatic heterocycles. The van der Waals surface area contributed by atoms with Gasteiger partial charge < -0.3 is 9.84 Å². The van der Waals surface area contributed by atoms with Crippen LogP contribution in [0, 0.1) is 6.92 Å². The third kappa shape index (κ3) is 3.00. The van der Waals surface area contributed by atoms with Crippen molar-refractivity contribution in [3.63, 3.8) is 0 Å². The van der Waals surface area contributed by atoms with Gasteiger partial charge >= 0.3 is 0 Å². The molecule has 8 nitrogen and oxygen atoms in total. The van der Waals surface area contributed by atoms with Crippen molar-refractivity contribution < 1.29 is 12.9 Å². The Morgan fingerprint density at radius 1 is 1.42 bits per heavy atom. The van der Waals surface area contributed by atoms with Crippen LogP contribution in [0.4, 0.5) is 0 Å². The van der Waals surface area contributed by atoms with Crippen molar-refractivity contribution in [1.29, 1.82) is 0 Å². The van der Waals surface area contributed by atoms with E-state index in [2.05, 4.69) is 29.9 Å². The maximum absolute atomic E-state index is 12.2. The Kier molecular flexibility index (Phi) is 3.98. The van der Waals surface area contributed by atoms with Crippen LogP contribution in [-0.4, -0.2) is 30.8 Å². The monoisotopic (exact) mass is 285 g/mol. The second-order valence-corrected chi connectivity index (χ2v) is 5.67. The quantitative estimate of drug-likeness (QED) is 0.683. The molecule has 2 heterocycles. The number of nitrogens with one attached hydrogen (secondary N) is 3. The molecule has 104 valence electrons. The van der Waals surface area contributed by atoms with Gasteiger partial charge in [0.05, 0.1) is 23.6 Å². The van der Waals surface area contributed by atoms with Gasteiger partial charge in [0.2, 0.25) is 10.0 Å². The lowest BCUT2D eigenvalue weighted by Gasteiger charge is -2.06. The fourth-order valence-corrected chi connectivity index (χ4v) is 3.04. The molecular formula is C10H15N5O3S. The van der Waals surface area contributed by atoms with Crippen LogP contribution in [0.25, 0.3) is 0 Å². The second-order valence-electron chi connectivity index (χ2n) is 3.97. The number of sulfonamides is 1. The van der Waals surface area contributed by atoms with Crippen molar-refractivity contribution in [3.8, 4) is 0 Å². The normalized spacial score (nSPS) is 11.9. The van der Waals surface area contributed by atoms with Crippen molar-refractivity contribution in [3.05, 3.63) is 29.4 Å². The van der Waals surface area contributed by atoms with Gasteiger partial charge in [-0.3, -0.25) is 5.10 Å². The molecule has 2 rings (SSSR count). The van der Waals surface area contributed by atoms with Gasteiger partial charge in [0.15, 0.2) is 0 Å². The van der Waals surface area contributed by atoms with Crippen LogP contribution in [0.1, 0.15) is 17.1 Å². The smallest absolute Gasteiger partial charge is 0.244 e. The van der Waals surface area contributed by atoms with Crippen LogP contribution < -0.4 is 10.0 Å². The maximum Gasteiger partial charge on any atom is 0.244 e. The highest BCUT2D eigenvalue weighted by Gasteiger charge is 2.23. The molecular weight excluding hydrogens is 270 g/mol. The predicted molar refractivity (Wildman–Crippen MR) is 66.6 cm³/mol. The summed E-state index contributed by atoms with van der Waals surface area (Å²) in [6.45, 7) is 2.10. The average molecular weight is 285 g/mol. The zero-order chi connectivity index (χ0) is 13.9. The van der Waals surface area contributed by atoms with Crippen LogP contribution in [0.2, 0.25) is 0 Å². The van der Waals surface area contributed by atoms with Gasteiger partial charge in [0, 0.05) is 12.6 Å². The summed E-state index contributed by atoms with van der Waals surface area (Å²) in [5, 5.41) is 13.2. The zero-order valence-electron chi connectivity index (χ0n) is 10.6. The topological polar surface area (TPSA) is 113 Å². The fourth-order valence-electron chi connectivity index (χ4n) is 1.68. The second kappa shape index (κ2) is 5.51. The van der Waals surface area contributed by atoms with Crippen LogP contribution >= 0.6 is 0 Å². The van der Waals surface area contributed by atoms with Crippen molar-refractivity contribution in [2.24, 2.45) is 0 Å². The van der Waals surface area contributed by atoms with E-state index in [1.165, 1.54) is 6.26 Å². The molecule has 0 aromatic carbocycles. The van der Waals surface area contributed by atoms with E-state index in [0.717, 1.165) is 0 Å². The zero-order valence-corrected chi connectivity index (χ0v) is 11.4. The molecule has 19 heavy (non-hydrogen) atoms. The predicted octanol–water partition coefficient (Wildman–Crippen LogP) is -0.0960. The third-order valence-electron chi connectivity index (χ3n) is 2.51. The minimum Gasteiger partial charge on any atom is -0.364 e. The molecule has 0 fully saturated rings. The highest BCUT2D eigenvalue weighted by molar-refractivity contribution is 7.89. The van der Waals surface area contributed by atoms with Crippen LogP contribution in [0.3, 0.4) is 0 Å². The van der Waals surface area contributed by atoms with E-state index in [9.17, 15) is 8.42 Å². The molecule has 3 N–H and O–H groups in total. The Labute approximate surface area is 110 Å². The number of hydrogen-bond acceptors (Lipinski definition) is 6. The summed E-state index contributed by atoms with van der Waals surface area (Å²) in [5.41, 5.74) is 1.46. The Balaban J connectivity index is 2.21. The number of aromatic nitrogens is 3. The van der Waals surface area contributed by atoms with E-state index < -0.39 is 10.0 Å². The van der Waals surface area contributed by atoms with Gasteiger partial charge in [-0.25, -0.2) is 13.1 Å². The van der Waals surface area contributed by atoms with E-state index in [-0.39, 0.29) is 11.4 Å². The molecule has 2 aromatic rings. The van der Waals surface area contributed by atoms with Crippen LogP contribution in [0.15, 0.2) is 21.7 Å². The van der Waals surface area contributed by atoms with Crippen molar-refractivity contribution in [1.82, 2.24) is 25.4 Å². The molecule has 0 amide bonds. The lowest BCUT2D eigenvalue weighted by atomic mass is 10.4. The molecule has 0 bridgehead atoms. The molecule has 0 saturated heterocycles. The standard InChI is InChI=1S/C10H15N5O3S/c1-7-10(9(6-11-2)14-13-7)19(16,17)12-5-8-3-4-18-15-8/h3-4,11-12H,5-6H2,1-2H3,(H,13,14). The van der Waals surface area contributed by atoms with Crippen molar-refractivity contribution >= 4 is 10.0 Å². The van der Waals surface area contributed by atoms with E-state index in [4.69, 9.17) is 0 Å². The number of hydrogen-bond donors (Lipinski definition) is 3. The fraction of sp³-hybridized carbons (Fsp3) is 0.400. The summed E-state index contributed by atoms with van der Waals surface area (Å²) in [7, 11) is -1.92. The van der Waals surface area contributed by atoms with Gasteiger partial charge in [0.1, 0.15) is 11.2 Å². The molecule has 0 spiro atoms. The summed E-state index contributed by atoms with van der Waals surface area (Å²) in [6, 6.07) is 1.60. The SMILES string of the molecule is CNCc1n[nH]c(C)c1S(=O)(=O)NCc1ccon1. The van der Waals surface area contributed by atoms with E-state index in [1.54, 1.807) is 20.0 Å². The molecule has 2 aromatic heterocycles. The number of aryl methyl sites for hydroxylation is 1. The molecule has 0 aliphatic rings. The van der Waals surface area contributed by atoms with Gasteiger partial charge in [-0.15, -0.1) is 0 Å². The average Bonchev–Trinajstić information content (AvgIpc) is 2.97. The minimum atomic E-state index is -3.64. The number of aromatic amines is 1. The summed E-state index contributed by atoms with van der Waals surface area (Å²) in [5.74, 6) is 0. The highest BCUT2D eigenvalue weighted by Crippen LogP contribution is 2.17. The first-order chi connectivity index (χ1) is 9.04.